The molecule has 0 bridgehead atoms. The molecule has 1 fully saturated rings. The molecule has 1 aromatic carbocycles. The van der Waals surface area contributed by atoms with Crippen LogP contribution in [-0.2, 0) is 11.2 Å². The molecule has 3 heteroatoms. The van der Waals surface area contributed by atoms with E-state index in [1.165, 1.54) is 24.0 Å². The normalized spacial score (nSPS) is 16.4. The average molecular weight is 246 g/mol. The predicted molar refractivity (Wildman–Crippen MR) is 73.4 cm³/mol. The molecule has 1 atom stereocenters. The molecule has 1 aliphatic rings. The standard InChI is InChI=1S/C15H22N2O/c1-17(2)15(18)14(10-16)9-11-3-5-12(6-4-11)13-7-8-13/h3-6,13-14H,7-10,16H2,1-2H3. The lowest BCUT2D eigenvalue weighted by Crippen LogP contribution is -2.35. The highest BCUT2D eigenvalue weighted by Crippen LogP contribution is 2.39. The Bertz CT molecular complexity index is 407. The van der Waals surface area contributed by atoms with Crippen LogP contribution in [-0.4, -0.2) is 31.4 Å². The van der Waals surface area contributed by atoms with Crippen LogP contribution in [0, 0.1) is 5.92 Å². The minimum Gasteiger partial charge on any atom is -0.349 e. The molecule has 98 valence electrons. The van der Waals surface area contributed by atoms with Crippen molar-refractivity contribution in [2.24, 2.45) is 11.7 Å². The lowest BCUT2D eigenvalue weighted by atomic mass is 9.97. The van der Waals surface area contributed by atoms with Crippen molar-refractivity contribution in [3.05, 3.63) is 35.4 Å². The van der Waals surface area contributed by atoms with Gasteiger partial charge in [0.1, 0.15) is 0 Å². The Morgan fingerprint density at radius 3 is 2.39 bits per heavy atom. The minimum atomic E-state index is -0.105. The Morgan fingerprint density at radius 2 is 1.94 bits per heavy atom. The summed E-state index contributed by atoms with van der Waals surface area (Å²) in [7, 11) is 3.56. The lowest BCUT2D eigenvalue weighted by molar-refractivity contribution is -0.132. The molecule has 0 heterocycles. The van der Waals surface area contributed by atoms with Crippen LogP contribution in [0.1, 0.15) is 29.9 Å². The molecule has 2 N–H and O–H groups in total. The van der Waals surface area contributed by atoms with Gasteiger partial charge in [0.2, 0.25) is 5.91 Å². The van der Waals surface area contributed by atoms with E-state index in [9.17, 15) is 4.79 Å². The smallest absolute Gasteiger partial charge is 0.226 e. The molecular weight excluding hydrogens is 224 g/mol. The largest absolute Gasteiger partial charge is 0.349 e. The molecule has 1 aromatic rings. The molecule has 1 aliphatic carbocycles. The van der Waals surface area contributed by atoms with Gasteiger partial charge in [0, 0.05) is 20.6 Å². The van der Waals surface area contributed by atoms with Crippen LogP contribution >= 0.6 is 0 Å². The first-order valence-corrected chi connectivity index (χ1v) is 6.62. The van der Waals surface area contributed by atoms with Gasteiger partial charge in [0.15, 0.2) is 0 Å². The highest BCUT2D eigenvalue weighted by Gasteiger charge is 2.23. The summed E-state index contributed by atoms with van der Waals surface area (Å²) >= 11 is 0. The molecule has 0 aromatic heterocycles. The maximum Gasteiger partial charge on any atom is 0.226 e. The van der Waals surface area contributed by atoms with Gasteiger partial charge in [-0.15, -0.1) is 0 Å². The van der Waals surface area contributed by atoms with Gasteiger partial charge in [-0.25, -0.2) is 0 Å². The summed E-state index contributed by atoms with van der Waals surface area (Å²) in [6, 6.07) is 8.67. The SMILES string of the molecule is CN(C)C(=O)C(CN)Cc1ccc(C2CC2)cc1. The monoisotopic (exact) mass is 246 g/mol. The van der Waals surface area contributed by atoms with Gasteiger partial charge in [-0.05, 0) is 36.3 Å². The van der Waals surface area contributed by atoms with Gasteiger partial charge in [-0.2, -0.15) is 0 Å². The number of carbonyl (C=O) groups is 1. The molecule has 0 saturated heterocycles. The average Bonchev–Trinajstić information content (AvgIpc) is 3.20. The summed E-state index contributed by atoms with van der Waals surface area (Å²) in [5.74, 6) is 0.795. The molecule has 1 saturated carbocycles. The Morgan fingerprint density at radius 1 is 1.33 bits per heavy atom. The van der Waals surface area contributed by atoms with E-state index in [4.69, 9.17) is 5.73 Å². The second kappa shape index (κ2) is 5.53. The van der Waals surface area contributed by atoms with Crippen LogP contribution in [0.5, 0.6) is 0 Å². The van der Waals surface area contributed by atoms with Crippen molar-refractivity contribution in [2.45, 2.75) is 25.2 Å². The summed E-state index contributed by atoms with van der Waals surface area (Å²) in [6.07, 6.45) is 3.38. The number of amides is 1. The van der Waals surface area contributed by atoms with Crippen molar-refractivity contribution in [3.63, 3.8) is 0 Å². The van der Waals surface area contributed by atoms with E-state index >= 15 is 0 Å². The summed E-state index contributed by atoms with van der Waals surface area (Å²) in [5, 5.41) is 0. The first-order valence-electron chi connectivity index (χ1n) is 6.62. The highest BCUT2D eigenvalue weighted by molar-refractivity contribution is 5.78. The third-order valence-electron chi connectivity index (χ3n) is 3.59. The van der Waals surface area contributed by atoms with Crippen molar-refractivity contribution in [2.75, 3.05) is 20.6 Å². The maximum atomic E-state index is 11.9. The van der Waals surface area contributed by atoms with Crippen molar-refractivity contribution in [3.8, 4) is 0 Å². The highest BCUT2D eigenvalue weighted by atomic mass is 16.2. The van der Waals surface area contributed by atoms with E-state index in [0.29, 0.717) is 6.54 Å². The number of nitrogens with two attached hydrogens (primary N) is 1. The number of benzene rings is 1. The minimum absolute atomic E-state index is 0.105. The fourth-order valence-electron chi connectivity index (χ4n) is 2.26. The zero-order valence-electron chi connectivity index (χ0n) is 11.2. The summed E-state index contributed by atoms with van der Waals surface area (Å²) in [5.41, 5.74) is 8.33. The van der Waals surface area contributed by atoms with Crippen LogP contribution in [0.2, 0.25) is 0 Å². The summed E-state index contributed by atoms with van der Waals surface area (Å²) in [6.45, 7) is 0.404. The number of nitrogens with zero attached hydrogens (tertiary/aromatic N) is 1. The Hall–Kier alpha value is -1.35. The van der Waals surface area contributed by atoms with E-state index in [-0.39, 0.29) is 11.8 Å². The van der Waals surface area contributed by atoms with Crippen molar-refractivity contribution < 1.29 is 4.79 Å². The molecule has 18 heavy (non-hydrogen) atoms. The van der Waals surface area contributed by atoms with Crippen molar-refractivity contribution >= 4 is 5.91 Å². The molecule has 0 spiro atoms. The van der Waals surface area contributed by atoms with Crippen LogP contribution in [0.4, 0.5) is 0 Å². The van der Waals surface area contributed by atoms with Crippen LogP contribution in [0.3, 0.4) is 0 Å². The Balaban J connectivity index is 2.00. The molecule has 0 radical (unpaired) electrons. The second-order valence-electron chi connectivity index (χ2n) is 5.39. The summed E-state index contributed by atoms with van der Waals surface area (Å²) in [4.78, 5) is 13.5. The van der Waals surface area contributed by atoms with Crippen molar-refractivity contribution in [1.82, 2.24) is 4.90 Å². The van der Waals surface area contributed by atoms with Crippen molar-refractivity contribution in [1.29, 1.82) is 0 Å². The number of carbonyl (C=O) groups excluding carboxylic acids is 1. The number of hydrogen-bond acceptors (Lipinski definition) is 2. The van der Waals surface area contributed by atoms with E-state index in [0.717, 1.165) is 12.3 Å². The third kappa shape index (κ3) is 3.10. The first kappa shape index (κ1) is 13.1. The second-order valence-corrected chi connectivity index (χ2v) is 5.39. The first-order chi connectivity index (χ1) is 8.61. The zero-order valence-corrected chi connectivity index (χ0v) is 11.2. The molecule has 1 unspecified atom stereocenters. The van der Waals surface area contributed by atoms with Gasteiger partial charge < -0.3 is 10.6 Å². The maximum absolute atomic E-state index is 11.9. The van der Waals surface area contributed by atoms with Gasteiger partial charge in [-0.3, -0.25) is 4.79 Å². The fourth-order valence-corrected chi connectivity index (χ4v) is 2.26. The van der Waals surface area contributed by atoms with E-state index in [1.54, 1.807) is 19.0 Å². The van der Waals surface area contributed by atoms with Crippen LogP contribution in [0.15, 0.2) is 24.3 Å². The molecule has 0 aliphatic heterocycles. The van der Waals surface area contributed by atoms with Gasteiger partial charge in [0.05, 0.1) is 5.92 Å². The molecule has 3 nitrogen and oxygen atoms in total. The topological polar surface area (TPSA) is 46.3 Å². The van der Waals surface area contributed by atoms with E-state index < -0.39 is 0 Å². The number of rotatable bonds is 5. The zero-order chi connectivity index (χ0) is 13.1. The van der Waals surface area contributed by atoms with Gasteiger partial charge in [-0.1, -0.05) is 24.3 Å². The quantitative estimate of drug-likeness (QED) is 0.860. The van der Waals surface area contributed by atoms with Crippen LogP contribution in [0.25, 0.3) is 0 Å². The molecule has 1 amide bonds. The Kier molecular flexibility index (Phi) is 4.02. The van der Waals surface area contributed by atoms with E-state index in [2.05, 4.69) is 24.3 Å². The fraction of sp³-hybridized carbons (Fsp3) is 0.533. The van der Waals surface area contributed by atoms with E-state index in [1.807, 2.05) is 0 Å². The van der Waals surface area contributed by atoms with Gasteiger partial charge in [0.25, 0.3) is 0 Å². The Labute approximate surface area is 109 Å². The predicted octanol–water partition coefficient (Wildman–Crippen LogP) is 1.77. The van der Waals surface area contributed by atoms with Gasteiger partial charge >= 0.3 is 0 Å². The number of hydrogen-bond donors (Lipinski definition) is 1. The third-order valence-corrected chi connectivity index (χ3v) is 3.59. The molecular formula is C15H22N2O. The lowest BCUT2D eigenvalue weighted by Gasteiger charge is -2.19. The molecule has 2 rings (SSSR count). The summed E-state index contributed by atoms with van der Waals surface area (Å²) < 4.78 is 0. The van der Waals surface area contributed by atoms with Crippen LogP contribution < -0.4 is 5.73 Å².